The van der Waals surface area contributed by atoms with E-state index in [1.165, 1.54) is 16.7 Å². The molecule has 0 saturated heterocycles. The Morgan fingerprint density at radius 1 is 0.879 bits per heavy atom. The summed E-state index contributed by atoms with van der Waals surface area (Å²) in [5.74, 6) is 0. The Labute approximate surface area is 203 Å². The fourth-order valence-electron chi connectivity index (χ4n) is 4.13. The summed E-state index contributed by atoms with van der Waals surface area (Å²) in [6.45, 7) is 12.7. The molecule has 3 rings (SSSR count). The van der Waals surface area contributed by atoms with Gasteiger partial charge in [-0.05, 0) is 97.8 Å². The molecule has 1 heterocycles. The molecule has 0 saturated carbocycles. The number of aromatic nitrogens is 1. The number of allylic oxidation sites excluding steroid dienone is 6. The molecule has 0 fully saturated rings. The van der Waals surface area contributed by atoms with Crippen LogP contribution in [0.4, 0.5) is 0 Å². The molecule has 0 spiro atoms. The lowest BCUT2D eigenvalue weighted by Gasteiger charge is -2.15. The van der Waals surface area contributed by atoms with E-state index in [0.29, 0.717) is 0 Å². The van der Waals surface area contributed by atoms with Gasteiger partial charge in [-0.25, -0.2) is 4.98 Å². The number of rotatable bonds is 9. The van der Waals surface area contributed by atoms with Crippen molar-refractivity contribution in [3.63, 3.8) is 0 Å². The van der Waals surface area contributed by atoms with Crippen LogP contribution in [-0.4, -0.2) is 4.98 Å². The van der Waals surface area contributed by atoms with Gasteiger partial charge in [0.2, 0.25) is 0 Å². The van der Waals surface area contributed by atoms with Crippen molar-refractivity contribution in [3.8, 4) is 10.6 Å². The molecule has 0 bridgehead atoms. The van der Waals surface area contributed by atoms with E-state index in [-0.39, 0.29) is 5.43 Å². The van der Waals surface area contributed by atoms with Crippen molar-refractivity contribution in [1.82, 2.24) is 4.98 Å². The highest BCUT2D eigenvalue weighted by molar-refractivity contribution is 7.21. The molecule has 0 unspecified atom stereocenters. The normalized spacial score (nSPS) is 12.5. The van der Waals surface area contributed by atoms with Crippen LogP contribution in [0.2, 0.25) is 0 Å². The minimum absolute atomic E-state index is 0.189. The zero-order chi connectivity index (χ0) is 24.0. The molecule has 174 valence electrons. The molecule has 1 aliphatic carbocycles. The highest BCUT2D eigenvalue weighted by atomic mass is 32.1. The van der Waals surface area contributed by atoms with Gasteiger partial charge >= 0.3 is 0 Å². The number of benzene rings is 2. The number of fused-ring (bicyclic) bond motifs is 2. The molecular formula is C30H37NOS. The Morgan fingerprint density at radius 3 is 2.21 bits per heavy atom. The fourth-order valence-corrected chi connectivity index (χ4v) is 5.33. The standard InChI is InChI=1S/C30H37NOS/c1-20(2)12-9-13-21(3)14-10-15-22(4)16-11-17-25-29(32)24(6)23(5)28-30(25)33-27-19-8-7-18-26(27)31-28/h7-8,12,14,16,18-19H,9-11,13,15,17H2,1-6H3/b21-14+,22-16+. The quantitative estimate of drug-likeness (QED) is 0.236. The van der Waals surface area contributed by atoms with Crippen LogP contribution in [0.1, 0.15) is 76.5 Å². The summed E-state index contributed by atoms with van der Waals surface area (Å²) in [5, 5.41) is 0. The van der Waals surface area contributed by atoms with Crippen LogP contribution < -0.4 is 5.43 Å². The van der Waals surface area contributed by atoms with E-state index >= 15 is 0 Å². The Hall–Kier alpha value is -2.52. The Kier molecular flexibility index (Phi) is 8.80. The van der Waals surface area contributed by atoms with Gasteiger partial charge < -0.3 is 0 Å². The van der Waals surface area contributed by atoms with Crippen molar-refractivity contribution in [2.24, 2.45) is 0 Å². The number of nitrogens with zero attached hydrogens (tertiary/aromatic N) is 1. The molecule has 0 atom stereocenters. The summed E-state index contributed by atoms with van der Waals surface area (Å²) < 4.78 is 1.13. The maximum atomic E-state index is 13.1. The highest BCUT2D eigenvalue weighted by Gasteiger charge is 2.20. The van der Waals surface area contributed by atoms with E-state index in [1.54, 1.807) is 11.3 Å². The fraction of sp³-hybridized carbons (Fsp3) is 0.400. The zero-order valence-electron chi connectivity index (χ0n) is 21.0. The van der Waals surface area contributed by atoms with Gasteiger partial charge in [-0.3, -0.25) is 4.79 Å². The van der Waals surface area contributed by atoms with Gasteiger partial charge in [-0.15, -0.1) is 11.3 Å². The van der Waals surface area contributed by atoms with Gasteiger partial charge in [0, 0.05) is 11.1 Å². The summed E-state index contributed by atoms with van der Waals surface area (Å²) in [4.78, 5) is 19.1. The van der Waals surface area contributed by atoms with Crippen LogP contribution in [0.15, 0.2) is 64.0 Å². The van der Waals surface area contributed by atoms with Gasteiger partial charge in [0.05, 0.1) is 20.8 Å². The van der Waals surface area contributed by atoms with E-state index in [2.05, 4.69) is 58.1 Å². The van der Waals surface area contributed by atoms with Crippen LogP contribution in [0.5, 0.6) is 0 Å². The predicted molar refractivity (Wildman–Crippen MR) is 146 cm³/mol. The summed E-state index contributed by atoms with van der Waals surface area (Å²) in [5.41, 5.74) is 9.22. The first-order chi connectivity index (χ1) is 15.8. The van der Waals surface area contributed by atoms with Gasteiger partial charge in [0.15, 0.2) is 5.43 Å². The molecular weight excluding hydrogens is 422 g/mol. The molecule has 0 N–H and O–H groups in total. The van der Waals surface area contributed by atoms with E-state index in [1.807, 2.05) is 26.0 Å². The first kappa shape index (κ1) is 25.1. The minimum Gasteiger partial charge on any atom is -0.289 e. The molecule has 0 aromatic heterocycles. The molecule has 33 heavy (non-hydrogen) atoms. The smallest absolute Gasteiger partial charge is 0.186 e. The number of hydrogen-bond acceptors (Lipinski definition) is 3. The lowest BCUT2D eigenvalue weighted by Crippen LogP contribution is -2.17. The van der Waals surface area contributed by atoms with Crippen LogP contribution in [0, 0.1) is 13.8 Å². The van der Waals surface area contributed by atoms with Crippen molar-refractivity contribution in [1.29, 1.82) is 0 Å². The van der Waals surface area contributed by atoms with Crippen LogP contribution >= 0.6 is 11.3 Å². The maximum Gasteiger partial charge on any atom is 0.186 e. The van der Waals surface area contributed by atoms with Crippen molar-refractivity contribution >= 4 is 21.6 Å². The Bertz CT molecular complexity index is 1240. The monoisotopic (exact) mass is 459 g/mol. The topological polar surface area (TPSA) is 30.0 Å². The van der Waals surface area contributed by atoms with E-state index in [0.717, 1.165) is 76.0 Å². The summed E-state index contributed by atoms with van der Waals surface area (Å²) in [6.07, 6.45) is 13.1. The van der Waals surface area contributed by atoms with Gasteiger partial charge in [0.1, 0.15) is 0 Å². The van der Waals surface area contributed by atoms with Gasteiger partial charge in [-0.1, -0.05) is 47.1 Å². The van der Waals surface area contributed by atoms with Crippen LogP contribution in [0.25, 0.3) is 20.8 Å². The SMILES string of the molecule is CC(C)=CCC/C(C)=C/CC/C(C)=C/CCc1c2sc3ccccc3nc-2c(C)c(C)c1=O. The number of para-hydroxylation sites is 1. The van der Waals surface area contributed by atoms with Crippen molar-refractivity contribution < 1.29 is 0 Å². The van der Waals surface area contributed by atoms with E-state index in [9.17, 15) is 4.79 Å². The second-order valence-corrected chi connectivity index (χ2v) is 10.5. The van der Waals surface area contributed by atoms with Crippen LogP contribution in [-0.2, 0) is 6.42 Å². The Morgan fingerprint density at radius 2 is 1.52 bits per heavy atom. The Balaban J connectivity index is 1.71. The molecule has 0 amide bonds. The molecule has 2 aliphatic rings. The summed E-state index contributed by atoms with van der Waals surface area (Å²) in [6, 6.07) is 8.20. The molecule has 1 aromatic carbocycles. The second-order valence-electron chi connectivity index (χ2n) is 9.42. The molecule has 0 radical (unpaired) electrons. The average molecular weight is 460 g/mol. The first-order valence-corrected chi connectivity index (χ1v) is 12.9. The molecule has 2 nitrogen and oxygen atoms in total. The maximum absolute atomic E-state index is 13.1. The second kappa shape index (κ2) is 11.6. The largest absolute Gasteiger partial charge is 0.289 e. The third-order valence-corrected chi connectivity index (χ3v) is 7.55. The molecule has 1 aromatic rings. The van der Waals surface area contributed by atoms with E-state index in [4.69, 9.17) is 4.98 Å². The zero-order valence-corrected chi connectivity index (χ0v) is 21.9. The third-order valence-electron chi connectivity index (χ3n) is 6.34. The summed E-state index contributed by atoms with van der Waals surface area (Å²) >= 11 is 1.70. The molecule has 3 heteroatoms. The highest BCUT2D eigenvalue weighted by Crippen LogP contribution is 2.35. The lowest BCUT2D eigenvalue weighted by molar-refractivity contribution is 0.901. The van der Waals surface area contributed by atoms with Gasteiger partial charge in [0.25, 0.3) is 0 Å². The predicted octanol–water partition coefficient (Wildman–Crippen LogP) is 8.73. The molecule has 1 aliphatic heterocycles. The van der Waals surface area contributed by atoms with Crippen LogP contribution in [0.3, 0.4) is 0 Å². The van der Waals surface area contributed by atoms with Crippen molar-refractivity contribution in [3.05, 3.63) is 86.1 Å². The summed E-state index contributed by atoms with van der Waals surface area (Å²) in [7, 11) is 0. The average Bonchev–Trinajstić information content (AvgIpc) is 2.78. The minimum atomic E-state index is 0.189. The third kappa shape index (κ3) is 6.51. The van der Waals surface area contributed by atoms with E-state index < -0.39 is 0 Å². The first-order valence-electron chi connectivity index (χ1n) is 12.0. The lowest BCUT2D eigenvalue weighted by atomic mass is 9.96. The number of hydrogen-bond donors (Lipinski definition) is 0. The van der Waals surface area contributed by atoms with Crippen molar-refractivity contribution in [2.75, 3.05) is 0 Å². The van der Waals surface area contributed by atoms with Gasteiger partial charge in [-0.2, -0.15) is 0 Å². The van der Waals surface area contributed by atoms with Crippen molar-refractivity contribution in [2.45, 2.75) is 80.1 Å².